The summed E-state index contributed by atoms with van der Waals surface area (Å²) in [5.41, 5.74) is 2.45. The van der Waals surface area contributed by atoms with Gasteiger partial charge in [0.15, 0.2) is 0 Å². The highest BCUT2D eigenvalue weighted by atomic mass is 16.2. The van der Waals surface area contributed by atoms with E-state index in [1.54, 1.807) is 0 Å². The average molecular weight is 345 g/mol. The summed E-state index contributed by atoms with van der Waals surface area (Å²) in [4.78, 5) is 27.9. The van der Waals surface area contributed by atoms with E-state index in [1.807, 2.05) is 16.8 Å². The van der Waals surface area contributed by atoms with Gasteiger partial charge >= 0.3 is 0 Å². The Kier molecular flexibility index (Phi) is 7.92. The Labute approximate surface area is 151 Å². The van der Waals surface area contributed by atoms with Gasteiger partial charge in [-0.3, -0.25) is 14.5 Å². The lowest BCUT2D eigenvalue weighted by atomic mass is 10.1. The molecule has 1 aromatic rings. The number of hydrogen-bond donors (Lipinski definition) is 1. The molecule has 0 aromatic heterocycles. The monoisotopic (exact) mass is 345 g/mol. The third-order valence-corrected chi connectivity index (χ3v) is 4.58. The van der Waals surface area contributed by atoms with Gasteiger partial charge in [0.1, 0.15) is 0 Å². The minimum absolute atomic E-state index is 0.0387. The molecule has 25 heavy (non-hydrogen) atoms. The van der Waals surface area contributed by atoms with Crippen LogP contribution in [0, 0.1) is 6.92 Å². The van der Waals surface area contributed by atoms with Crippen LogP contribution in [0.1, 0.15) is 43.2 Å². The number of carbonyl (C=O) groups is 2. The first kappa shape index (κ1) is 19.4. The number of hydrogen-bond acceptors (Lipinski definition) is 3. The molecular formula is C20H31N3O2. The van der Waals surface area contributed by atoms with Crippen molar-refractivity contribution in [3.05, 3.63) is 35.4 Å². The SMILES string of the molecule is Cc1ccc(CN(C)CC(=O)NCCCN2CCCCCC2=O)cc1. The van der Waals surface area contributed by atoms with Crippen LogP contribution in [0.25, 0.3) is 0 Å². The van der Waals surface area contributed by atoms with E-state index in [1.165, 1.54) is 11.1 Å². The second kappa shape index (κ2) is 10.2. The first-order chi connectivity index (χ1) is 12.0. The van der Waals surface area contributed by atoms with Crippen LogP contribution in [0.3, 0.4) is 0 Å². The number of nitrogens with one attached hydrogen (secondary N) is 1. The van der Waals surface area contributed by atoms with Crippen molar-refractivity contribution in [2.45, 2.75) is 45.6 Å². The lowest BCUT2D eigenvalue weighted by Crippen LogP contribution is -2.37. The van der Waals surface area contributed by atoms with E-state index in [9.17, 15) is 9.59 Å². The summed E-state index contributed by atoms with van der Waals surface area (Å²) in [6.45, 7) is 5.46. The molecule has 1 aliphatic heterocycles. The van der Waals surface area contributed by atoms with Gasteiger partial charge in [-0.25, -0.2) is 0 Å². The second-order valence-electron chi connectivity index (χ2n) is 7.05. The molecule has 2 amide bonds. The van der Waals surface area contributed by atoms with Crippen LogP contribution in [-0.2, 0) is 16.1 Å². The highest BCUT2D eigenvalue weighted by molar-refractivity contribution is 5.78. The van der Waals surface area contributed by atoms with Gasteiger partial charge in [-0.05, 0) is 38.8 Å². The van der Waals surface area contributed by atoms with Gasteiger partial charge in [-0.2, -0.15) is 0 Å². The van der Waals surface area contributed by atoms with E-state index in [0.717, 1.165) is 45.3 Å². The molecule has 0 saturated carbocycles. The molecule has 0 spiro atoms. The van der Waals surface area contributed by atoms with Gasteiger partial charge in [0.2, 0.25) is 11.8 Å². The third-order valence-electron chi connectivity index (χ3n) is 4.58. The zero-order valence-electron chi connectivity index (χ0n) is 15.6. The van der Waals surface area contributed by atoms with Crippen molar-refractivity contribution in [2.75, 3.05) is 33.2 Å². The average Bonchev–Trinajstić information content (AvgIpc) is 2.78. The Bertz CT molecular complexity index is 557. The largest absolute Gasteiger partial charge is 0.355 e. The van der Waals surface area contributed by atoms with Crippen molar-refractivity contribution in [2.24, 2.45) is 0 Å². The van der Waals surface area contributed by atoms with Gasteiger partial charge < -0.3 is 10.2 Å². The molecule has 2 rings (SSSR count). The Morgan fingerprint density at radius 2 is 1.96 bits per heavy atom. The van der Waals surface area contributed by atoms with Crippen molar-refractivity contribution in [3.63, 3.8) is 0 Å². The lowest BCUT2D eigenvalue weighted by molar-refractivity contribution is -0.130. The zero-order valence-corrected chi connectivity index (χ0v) is 15.6. The number of likely N-dealkylation sites (tertiary alicyclic amines) is 1. The van der Waals surface area contributed by atoms with Gasteiger partial charge in [0.05, 0.1) is 6.54 Å². The summed E-state index contributed by atoms with van der Waals surface area (Å²) in [6.07, 6.45) is 4.75. The number of nitrogens with zero attached hydrogens (tertiary/aromatic N) is 2. The number of benzene rings is 1. The molecule has 1 aromatic carbocycles. The smallest absolute Gasteiger partial charge is 0.234 e. The van der Waals surface area contributed by atoms with Crippen molar-refractivity contribution in [1.82, 2.24) is 15.1 Å². The number of aryl methyl sites for hydroxylation is 1. The Morgan fingerprint density at radius 3 is 2.72 bits per heavy atom. The molecule has 1 heterocycles. The van der Waals surface area contributed by atoms with Gasteiger partial charge in [-0.15, -0.1) is 0 Å². The first-order valence-corrected chi connectivity index (χ1v) is 9.33. The Balaban J connectivity index is 1.61. The van der Waals surface area contributed by atoms with Crippen LogP contribution < -0.4 is 5.32 Å². The summed E-state index contributed by atoms with van der Waals surface area (Å²) in [5.74, 6) is 0.304. The number of carbonyl (C=O) groups excluding carboxylic acids is 2. The maximum Gasteiger partial charge on any atom is 0.234 e. The lowest BCUT2D eigenvalue weighted by Gasteiger charge is -2.21. The maximum absolute atomic E-state index is 12.0. The van der Waals surface area contributed by atoms with Crippen LogP contribution in [0.15, 0.2) is 24.3 Å². The van der Waals surface area contributed by atoms with Gasteiger partial charge in [0, 0.05) is 32.6 Å². The number of likely N-dealkylation sites (N-methyl/N-ethyl adjacent to an activating group) is 1. The predicted molar refractivity (Wildman–Crippen MR) is 100 cm³/mol. The summed E-state index contributed by atoms with van der Waals surface area (Å²) >= 11 is 0. The fourth-order valence-electron chi connectivity index (χ4n) is 3.13. The highest BCUT2D eigenvalue weighted by Gasteiger charge is 2.15. The zero-order chi connectivity index (χ0) is 18.1. The fourth-order valence-corrected chi connectivity index (χ4v) is 3.13. The maximum atomic E-state index is 12.0. The van der Waals surface area contributed by atoms with E-state index in [4.69, 9.17) is 0 Å². The molecule has 5 heteroatoms. The molecule has 1 aliphatic rings. The molecule has 0 radical (unpaired) electrons. The number of rotatable bonds is 8. The molecule has 0 bridgehead atoms. The van der Waals surface area contributed by atoms with Crippen molar-refractivity contribution >= 4 is 11.8 Å². The molecule has 1 saturated heterocycles. The van der Waals surface area contributed by atoms with Crippen molar-refractivity contribution < 1.29 is 9.59 Å². The fraction of sp³-hybridized carbons (Fsp3) is 0.600. The topological polar surface area (TPSA) is 52.7 Å². The second-order valence-corrected chi connectivity index (χ2v) is 7.05. The normalized spacial score (nSPS) is 15.3. The molecular weight excluding hydrogens is 314 g/mol. The van der Waals surface area contributed by atoms with Crippen LogP contribution >= 0.6 is 0 Å². The minimum atomic E-state index is 0.0387. The summed E-state index contributed by atoms with van der Waals surface area (Å²) in [5, 5.41) is 2.96. The van der Waals surface area contributed by atoms with Gasteiger partial charge in [-0.1, -0.05) is 36.2 Å². The quantitative estimate of drug-likeness (QED) is 0.736. The minimum Gasteiger partial charge on any atom is -0.355 e. The molecule has 138 valence electrons. The molecule has 0 aliphatic carbocycles. The van der Waals surface area contributed by atoms with Crippen LogP contribution in [0.2, 0.25) is 0 Å². The molecule has 5 nitrogen and oxygen atoms in total. The number of amides is 2. The molecule has 1 N–H and O–H groups in total. The molecule has 0 atom stereocenters. The molecule has 0 unspecified atom stereocenters. The van der Waals surface area contributed by atoms with E-state index in [-0.39, 0.29) is 11.8 Å². The summed E-state index contributed by atoms with van der Waals surface area (Å²) in [6, 6.07) is 8.38. The van der Waals surface area contributed by atoms with Gasteiger partial charge in [0.25, 0.3) is 0 Å². The standard InChI is InChI=1S/C20H31N3O2/c1-17-8-10-18(11-9-17)15-22(2)16-19(24)21-12-6-14-23-13-5-3-4-7-20(23)25/h8-11H,3-7,12-16H2,1-2H3,(H,21,24). The predicted octanol–water partition coefficient (Wildman–Crippen LogP) is 2.34. The summed E-state index contributed by atoms with van der Waals surface area (Å²) < 4.78 is 0. The van der Waals surface area contributed by atoms with E-state index >= 15 is 0 Å². The van der Waals surface area contributed by atoms with Crippen molar-refractivity contribution in [1.29, 1.82) is 0 Å². The van der Waals surface area contributed by atoms with E-state index in [2.05, 4.69) is 36.5 Å². The van der Waals surface area contributed by atoms with E-state index in [0.29, 0.717) is 19.5 Å². The van der Waals surface area contributed by atoms with Crippen LogP contribution in [0.4, 0.5) is 0 Å². The highest BCUT2D eigenvalue weighted by Crippen LogP contribution is 2.11. The van der Waals surface area contributed by atoms with Crippen molar-refractivity contribution in [3.8, 4) is 0 Å². The Hall–Kier alpha value is -1.88. The molecule has 1 fully saturated rings. The summed E-state index contributed by atoms with van der Waals surface area (Å²) in [7, 11) is 1.95. The van der Waals surface area contributed by atoms with Crippen LogP contribution in [-0.4, -0.2) is 54.8 Å². The third kappa shape index (κ3) is 7.26. The van der Waals surface area contributed by atoms with E-state index < -0.39 is 0 Å². The van der Waals surface area contributed by atoms with Crippen LogP contribution in [0.5, 0.6) is 0 Å². The Morgan fingerprint density at radius 1 is 1.20 bits per heavy atom. The first-order valence-electron chi connectivity index (χ1n) is 9.33.